The Balaban J connectivity index is 0.00000165. The molecule has 1 aliphatic heterocycles. The van der Waals surface area contributed by atoms with Crippen LogP contribution in [0.15, 0.2) is 72.9 Å². The normalized spacial score (nSPS) is 13.4. The number of nitrogens with one attached hydrogen (secondary N) is 1. The SMILES string of the molecule is CC.COc1ccccc1-c1cc(C(C)C)c(F)c2[nH]c(C(=O)N3CCN(c4nccc5ccccc45)CC3)cc12. The van der Waals surface area contributed by atoms with Crippen LogP contribution in [0.3, 0.4) is 0 Å². The van der Waals surface area contributed by atoms with E-state index >= 15 is 4.39 Å². The third-order valence-corrected chi connectivity index (χ3v) is 7.65. The van der Waals surface area contributed by atoms with Gasteiger partial charge in [0, 0.05) is 48.7 Å². The number of benzene rings is 3. The minimum atomic E-state index is -0.315. The Labute approximate surface area is 240 Å². The Morgan fingerprint density at radius 3 is 2.37 bits per heavy atom. The summed E-state index contributed by atoms with van der Waals surface area (Å²) < 4.78 is 21.3. The van der Waals surface area contributed by atoms with E-state index in [-0.39, 0.29) is 17.6 Å². The van der Waals surface area contributed by atoms with Gasteiger partial charge >= 0.3 is 0 Å². The first-order valence-corrected chi connectivity index (χ1v) is 14.3. The van der Waals surface area contributed by atoms with Crippen molar-refractivity contribution in [2.75, 3.05) is 38.2 Å². The largest absolute Gasteiger partial charge is 0.496 e. The molecular formula is C34H37FN4O2. The number of fused-ring (bicyclic) bond motifs is 2. The quantitative estimate of drug-likeness (QED) is 0.243. The maximum Gasteiger partial charge on any atom is 0.270 e. The molecule has 0 atom stereocenters. The predicted octanol–water partition coefficient (Wildman–Crippen LogP) is 7.64. The topological polar surface area (TPSA) is 61.5 Å². The van der Waals surface area contributed by atoms with E-state index in [4.69, 9.17) is 4.74 Å². The first kappa shape index (κ1) is 28.1. The monoisotopic (exact) mass is 552 g/mol. The van der Waals surface area contributed by atoms with Gasteiger partial charge in [-0.15, -0.1) is 0 Å². The molecule has 212 valence electrons. The average Bonchev–Trinajstić information content (AvgIpc) is 3.48. The van der Waals surface area contributed by atoms with E-state index in [2.05, 4.69) is 27.0 Å². The van der Waals surface area contributed by atoms with Gasteiger partial charge in [-0.25, -0.2) is 9.37 Å². The van der Waals surface area contributed by atoms with Crippen molar-refractivity contribution in [1.82, 2.24) is 14.9 Å². The molecule has 0 radical (unpaired) electrons. The molecule has 3 heterocycles. The Morgan fingerprint density at radius 1 is 0.927 bits per heavy atom. The van der Waals surface area contributed by atoms with Crippen LogP contribution in [-0.2, 0) is 0 Å². The van der Waals surface area contributed by atoms with Gasteiger partial charge in [0.25, 0.3) is 5.91 Å². The number of para-hydroxylation sites is 1. The lowest BCUT2D eigenvalue weighted by atomic mass is 9.93. The second-order valence-corrected chi connectivity index (χ2v) is 10.3. The molecule has 0 unspecified atom stereocenters. The Hall–Kier alpha value is -4.39. The van der Waals surface area contributed by atoms with E-state index in [0.717, 1.165) is 27.7 Å². The number of halogens is 1. The van der Waals surface area contributed by atoms with E-state index < -0.39 is 0 Å². The third kappa shape index (κ3) is 5.24. The smallest absolute Gasteiger partial charge is 0.270 e. The highest BCUT2D eigenvalue weighted by Gasteiger charge is 2.27. The van der Waals surface area contributed by atoms with E-state index in [1.807, 2.05) is 87.3 Å². The van der Waals surface area contributed by atoms with Crippen molar-refractivity contribution < 1.29 is 13.9 Å². The molecule has 0 spiro atoms. The number of anilines is 1. The number of carbonyl (C=O) groups is 1. The molecule has 1 amide bonds. The molecule has 0 bridgehead atoms. The summed E-state index contributed by atoms with van der Waals surface area (Å²) in [4.78, 5) is 25.5. The summed E-state index contributed by atoms with van der Waals surface area (Å²) in [5.74, 6) is 1.17. The molecule has 3 aromatic carbocycles. The van der Waals surface area contributed by atoms with Crippen molar-refractivity contribution in [3.8, 4) is 16.9 Å². The number of hydrogen-bond acceptors (Lipinski definition) is 4. The molecule has 6 nitrogen and oxygen atoms in total. The molecule has 6 rings (SSSR count). The van der Waals surface area contributed by atoms with Crippen LogP contribution in [0.2, 0.25) is 0 Å². The van der Waals surface area contributed by atoms with Crippen LogP contribution in [-0.4, -0.2) is 54.1 Å². The fraction of sp³-hybridized carbons (Fsp3) is 0.294. The summed E-state index contributed by atoms with van der Waals surface area (Å²) in [5, 5.41) is 2.92. The number of ether oxygens (including phenoxy) is 1. The number of aromatic nitrogens is 2. The summed E-state index contributed by atoms with van der Waals surface area (Å²) in [6, 6.07) is 21.6. The number of amides is 1. The summed E-state index contributed by atoms with van der Waals surface area (Å²) in [6.45, 7) is 10.4. The van der Waals surface area contributed by atoms with Crippen molar-refractivity contribution in [1.29, 1.82) is 0 Å². The van der Waals surface area contributed by atoms with Crippen LogP contribution in [0.4, 0.5) is 10.2 Å². The zero-order valence-corrected chi connectivity index (χ0v) is 24.4. The van der Waals surface area contributed by atoms with Crippen LogP contribution in [0.25, 0.3) is 32.8 Å². The molecule has 41 heavy (non-hydrogen) atoms. The van der Waals surface area contributed by atoms with Gasteiger partial charge in [0.15, 0.2) is 5.82 Å². The molecule has 0 saturated carbocycles. The second kappa shape index (κ2) is 12.0. The van der Waals surface area contributed by atoms with Gasteiger partial charge < -0.3 is 19.5 Å². The molecule has 0 aliphatic carbocycles. The molecule has 1 fully saturated rings. The van der Waals surface area contributed by atoms with Crippen molar-refractivity contribution in [3.63, 3.8) is 0 Å². The number of aromatic amines is 1. The first-order valence-electron chi connectivity index (χ1n) is 14.3. The number of carbonyl (C=O) groups excluding carboxylic acids is 1. The minimum absolute atomic E-state index is 0.0268. The number of hydrogen-bond donors (Lipinski definition) is 1. The Kier molecular flexibility index (Phi) is 8.24. The average molecular weight is 553 g/mol. The number of pyridine rings is 1. The lowest BCUT2D eigenvalue weighted by Crippen LogP contribution is -2.49. The summed E-state index contributed by atoms with van der Waals surface area (Å²) in [5.41, 5.74) is 3.04. The lowest BCUT2D eigenvalue weighted by molar-refractivity contribution is 0.0741. The fourth-order valence-electron chi connectivity index (χ4n) is 5.55. The van der Waals surface area contributed by atoms with Crippen LogP contribution >= 0.6 is 0 Å². The summed E-state index contributed by atoms with van der Waals surface area (Å²) in [6.07, 6.45) is 1.83. The van der Waals surface area contributed by atoms with Gasteiger partial charge in [-0.2, -0.15) is 0 Å². The van der Waals surface area contributed by atoms with Crippen molar-refractivity contribution in [2.45, 2.75) is 33.6 Å². The molecule has 1 aliphatic rings. The Morgan fingerprint density at radius 2 is 1.63 bits per heavy atom. The molecule has 5 aromatic rings. The van der Waals surface area contributed by atoms with E-state index in [1.165, 1.54) is 0 Å². The maximum atomic E-state index is 15.7. The molecule has 1 saturated heterocycles. The predicted molar refractivity (Wildman–Crippen MR) is 166 cm³/mol. The maximum absolute atomic E-state index is 15.7. The highest BCUT2D eigenvalue weighted by molar-refractivity contribution is 6.04. The molecular weight excluding hydrogens is 515 g/mol. The number of methoxy groups -OCH3 is 1. The first-order chi connectivity index (χ1) is 20.0. The van der Waals surface area contributed by atoms with Gasteiger partial charge in [0.1, 0.15) is 17.3 Å². The van der Waals surface area contributed by atoms with Crippen LogP contribution in [0, 0.1) is 5.82 Å². The fourth-order valence-corrected chi connectivity index (χ4v) is 5.55. The minimum Gasteiger partial charge on any atom is -0.496 e. The van der Waals surface area contributed by atoms with Gasteiger partial charge in [-0.05, 0) is 46.7 Å². The Bertz CT molecular complexity index is 1680. The molecule has 2 aromatic heterocycles. The van der Waals surface area contributed by atoms with Gasteiger partial charge in [-0.3, -0.25) is 4.79 Å². The number of piperazine rings is 1. The van der Waals surface area contributed by atoms with Gasteiger partial charge in [-0.1, -0.05) is 70.2 Å². The van der Waals surface area contributed by atoms with Crippen LogP contribution < -0.4 is 9.64 Å². The van der Waals surface area contributed by atoms with E-state index in [0.29, 0.717) is 54.1 Å². The summed E-state index contributed by atoms with van der Waals surface area (Å²) >= 11 is 0. The second-order valence-electron chi connectivity index (χ2n) is 10.3. The van der Waals surface area contributed by atoms with Crippen molar-refractivity contribution >= 4 is 33.4 Å². The number of H-pyrrole nitrogens is 1. The van der Waals surface area contributed by atoms with E-state index in [9.17, 15) is 4.79 Å². The van der Waals surface area contributed by atoms with Crippen LogP contribution in [0.5, 0.6) is 5.75 Å². The zero-order valence-electron chi connectivity index (χ0n) is 24.4. The third-order valence-electron chi connectivity index (χ3n) is 7.65. The van der Waals surface area contributed by atoms with Crippen molar-refractivity contribution in [2.24, 2.45) is 0 Å². The van der Waals surface area contributed by atoms with Gasteiger partial charge in [0.05, 0.1) is 12.6 Å². The highest BCUT2D eigenvalue weighted by atomic mass is 19.1. The van der Waals surface area contributed by atoms with Crippen molar-refractivity contribution in [3.05, 3.63) is 90.0 Å². The highest BCUT2D eigenvalue weighted by Crippen LogP contribution is 2.39. The van der Waals surface area contributed by atoms with Crippen LogP contribution in [0.1, 0.15) is 49.7 Å². The number of rotatable bonds is 5. The standard InChI is InChI=1S/C32H31FN4O2.C2H6/c1-20(2)24-18-25(23-10-6-7-11-28(23)39-3)26-19-27(35-30(26)29(24)33)32(38)37-16-14-36(15-17-37)31-22-9-5-4-8-21(22)12-13-34-31;1-2/h4-13,18-20,35H,14-17H2,1-3H3;1-2H3. The molecule has 1 N–H and O–H groups in total. The molecule has 7 heteroatoms. The zero-order chi connectivity index (χ0) is 29.1. The summed E-state index contributed by atoms with van der Waals surface area (Å²) in [7, 11) is 1.63. The van der Waals surface area contributed by atoms with E-state index in [1.54, 1.807) is 13.2 Å². The van der Waals surface area contributed by atoms with Gasteiger partial charge in [0.2, 0.25) is 0 Å². The number of nitrogens with zero attached hydrogens (tertiary/aromatic N) is 3. The lowest BCUT2D eigenvalue weighted by Gasteiger charge is -2.35.